The molecule has 8 nitrogen and oxygen atoms in total. The van der Waals surface area contributed by atoms with Crippen molar-refractivity contribution in [3.8, 4) is 11.5 Å². The lowest BCUT2D eigenvalue weighted by Gasteiger charge is -2.19. The van der Waals surface area contributed by atoms with E-state index in [0.29, 0.717) is 37.7 Å². The molecule has 176 valence electrons. The number of hydrogen-bond acceptors (Lipinski definition) is 8. The number of benzene rings is 2. The van der Waals surface area contributed by atoms with Gasteiger partial charge in [-0.05, 0) is 49.8 Å². The molecule has 0 radical (unpaired) electrons. The predicted octanol–water partition coefficient (Wildman–Crippen LogP) is 4.32. The molecule has 0 unspecified atom stereocenters. The number of ether oxygens (including phenoxy) is 1. The zero-order chi connectivity index (χ0) is 23.8. The fourth-order valence-electron chi connectivity index (χ4n) is 3.13. The van der Waals surface area contributed by atoms with Crippen LogP contribution in [-0.4, -0.2) is 50.8 Å². The second-order valence-electron chi connectivity index (χ2n) is 7.36. The molecule has 8 heteroatoms. The van der Waals surface area contributed by atoms with Crippen LogP contribution in [0.15, 0.2) is 51.7 Å². The Hall–Kier alpha value is -3.33. The number of anilines is 1. The molecule has 0 fully saturated rings. The maximum atomic E-state index is 12.6. The summed E-state index contributed by atoms with van der Waals surface area (Å²) in [7, 11) is 3.94. The molecular weight excluding hydrogens is 424 g/mol. The molecule has 0 saturated carbocycles. The van der Waals surface area contributed by atoms with Crippen molar-refractivity contribution in [3.05, 3.63) is 64.0 Å². The number of hydrogen-bond donors (Lipinski definition) is 1. The summed E-state index contributed by atoms with van der Waals surface area (Å²) >= 11 is 0. The fourth-order valence-corrected chi connectivity index (χ4v) is 3.13. The summed E-state index contributed by atoms with van der Waals surface area (Å²) in [5, 5.41) is 12.0. The van der Waals surface area contributed by atoms with E-state index in [2.05, 4.69) is 0 Å². The zero-order valence-corrected chi connectivity index (χ0v) is 19.4. The van der Waals surface area contributed by atoms with Crippen LogP contribution >= 0.6 is 0 Å². The Morgan fingerprint density at radius 3 is 2.33 bits per heavy atom. The highest BCUT2D eigenvalue weighted by Crippen LogP contribution is 2.25. The molecule has 0 bridgehead atoms. The summed E-state index contributed by atoms with van der Waals surface area (Å²) in [5.74, 6) is 0.181. The monoisotopic (exact) mass is 454 g/mol. The van der Waals surface area contributed by atoms with Gasteiger partial charge >= 0.3 is 0 Å². The Kier molecular flexibility index (Phi) is 8.48. The summed E-state index contributed by atoms with van der Waals surface area (Å²) in [6, 6.07) is 12.7. The zero-order valence-electron chi connectivity index (χ0n) is 19.4. The molecule has 0 spiro atoms. The maximum absolute atomic E-state index is 12.6. The standard InChI is InChI=1S/C25H30N2O6/c1-5-31-27(32-6-2)15-16-30-20-12-13-21-23(17-20)33-22(25(29)24(21)28)14-9-18-7-10-19(11-8-18)26(3)4/h7-14,17,29H,5-6,15-16H2,1-4H3/b14-9+. The first-order valence-corrected chi connectivity index (χ1v) is 10.8. The Labute approximate surface area is 193 Å². The molecule has 0 aliphatic heterocycles. The van der Waals surface area contributed by atoms with Gasteiger partial charge in [-0.2, -0.15) is 0 Å². The second kappa shape index (κ2) is 11.5. The Balaban J connectivity index is 1.78. The quantitative estimate of drug-likeness (QED) is 0.429. The largest absolute Gasteiger partial charge is 0.502 e. The first-order valence-electron chi connectivity index (χ1n) is 10.8. The van der Waals surface area contributed by atoms with Crippen LogP contribution in [0.25, 0.3) is 23.1 Å². The number of nitrogens with zero attached hydrogens (tertiary/aromatic N) is 2. The maximum Gasteiger partial charge on any atom is 0.235 e. The summed E-state index contributed by atoms with van der Waals surface area (Å²) < 4.78 is 11.6. The first-order chi connectivity index (χ1) is 15.9. The number of rotatable bonds is 11. The van der Waals surface area contributed by atoms with E-state index in [9.17, 15) is 9.90 Å². The first kappa shape index (κ1) is 24.3. The van der Waals surface area contributed by atoms with E-state index in [1.54, 1.807) is 30.4 Å². The van der Waals surface area contributed by atoms with Gasteiger partial charge in [0, 0.05) is 25.8 Å². The highest BCUT2D eigenvalue weighted by Gasteiger charge is 2.13. The lowest BCUT2D eigenvalue weighted by Crippen LogP contribution is -2.29. The van der Waals surface area contributed by atoms with Crippen molar-refractivity contribution in [2.24, 2.45) is 0 Å². The minimum absolute atomic E-state index is 0.0835. The highest BCUT2D eigenvalue weighted by molar-refractivity contribution is 5.82. The third-order valence-electron chi connectivity index (χ3n) is 4.79. The molecule has 0 aliphatic rings. The molecule has 0 aliphatic carbocycles. The van der Waals surface area contributed by atoms with E-state index in [0.717, 1.165) is 11.3 Å². The number of aromatic hydroxyl groups is 1. The molecule has 1 heterocycles. The van der Waals surface area contributed by atoms with Gasteiger partial charge in [-0.3, -0.25) is 14.5 Å². The van der Waals surface area contributed by atoms with Crippen LogP contribution in [-0.2, 0) is 9.68 Å². The van der Waals surface area contributed by atoms with Gasteiger partial charge < -0.3 is 19.2 Å². The van der Waals surface area contributed by atoms with E-state index in [1.165, 1.54) is 5.23 Å². The van der Waals surface area contributed by atoms with Crippen molar-refractivity contribution < 1.29 is 23.9 Å². The average Bonchev–Trinajstić information content (AvgIpc) is 2.81. The summed E-state index contributed by atoms with van der Waals surface area (Å²) in [6.07, 6.45) is 3.36. The number of fused-ring (bicyclic) bond motifs is 1. The molecule has 33 heavy (non-hydrogen) atoms. The predicted molar refractivity (Wildman–Crippen MR) is 129 cm³/mol. The van der Waals surface area contributed by atoms with Crippen molar-refractivity contribution in [3.63, 3.8) is 0 Å². The van der Waals surface area contributed by atoms with Crippen molar-refractivity contribution in [2.45, 2.75) is 13.8 Å². The summed E-state index contributed by atoms with van der Waals surface area (Å²) in [4.78, 5) is 25.3. The van der Waals surface area contributed by atoms with Crippen LogP contribution < -0.4 is 15.1 Å². The summed E-state index contributed by atoms with van der Waals surface area (Å²) in [6.45, 7) is 5.43. The molecule has 0 saturated heterocycles. The molecule has 3 rings (SSSR count). The van der Waals surface area contributed by atoms with Gasteiger partial charge in [0.15, 0.2) is 5.76 Å². The van der Waals surface area contributed by atoms with Gasteiger partial charge in [-0.15, -0.1) is 0 Å². The van der Waals surface area contributed by atoms with Crippen molar-refractivity contribution in [1.82, 2.24) is 5.23 Å². The highest BCUT2D eigenvalue weighted by atomic mass is 16.9. The molecule has 1 N–H and O–H groups in total. The van der Waals surface area contributed by atoms with Crippen LogP contribution in [0.2, 0.25) is 0 Å². The average molecular weight is 455 g/mol. The van der Waals surface area contributed by atoms with E-state index in [-0.39, 0.29) is 11.1 Å². The van der Waals surface area contributed by atoms with Crippen LogP contribution in [0.4, 0.5) is 5.69 Å². The second-order valence-corrected chi connectivity index (χ2v) is 7.36. The smallest absolute Gasteiger partial charge is 0.235 e. The van der Waals surface area contributed by atoms with Gasteiger partial charge in [0.1, 0.15) is 17.9 Å². The van der Waals surface area contributed by atoms with Gasteiger partial charge in [-0.25, -0.2) is 0 Å². The summed E-state index contributed by atoms with van der Waals surface area (Å²) in [5.41, 5.74) is 1.81. The molecule has 1 aromatic heterocycles. The molecule has 0 amide bonds. The molecule has 3 aromatic rings. The number of hydroxylamine groups is 2. The van der Waals surface area contributed by atoms with Gasteiger partial charge in [-0.1, -0.05) is 23.4 Å². The third-order valence-corrected chi connectivity index (χ3v) is 4.79. The molecule has 0 atom stereocenters. The molecular formula is C25H30N2O6. The Morgan fingerprint density at radius 2 is 1.70 bits per heavy atom. The Bertz CT molecular complexity index is 1130. The van der Waals surface area contributed by atoms with E-state index >= 15 is 0 Å². The topological polar surface area (TPSA) is 84.6 Å². The normalized spacial score (nSPS) is 11.5. The van der Waals surface area contributed by atoms with Crippen LogP contribution in [0.3, 0.4) is 0 Å². The lowest BCUT2D eigenvalue weighted by atomic mass is 10.1. The van der Waals surface area contributed by atoms with E-state index in [1.807, 2.05) is 57.1 Å². The molecule has 2 aromatic carbocycles. The lowest BCUT2D eigenvalue weighted by molar-refractivity contribution is -0.365. The minimum atomic E-state index is -0.496. The van der Waals surface area contributed by atoms with Gasteiger partial charge in [0.25, 0.3) is 0 Å². The van der Waals surface area contributed by atoms with Crippen LogP contribution in [0.1, 0.15) is 25.2 Å². The SMILES string of the molecule is CCON(CCOc1ccc2c(=O)c(O)c(/C=C/c3ccc(N(C)C)cc3)oc2c1)OCC. The van der Waals surface area contributed by atoms with Crippen molar-refractivity contribution in [1.29, 1.82) is 0 Å². The van der Waals surface area contributed by atoms with Crippen LogP contribution in [0, 0.1) is 0 Å². The van der Waals surface area contributed by atoms with Crippen LogP contribution in [0.5, 0.6) is 11.5 Å². The van der Waals surface area contributed by atoms with Crippen molar-refractivity contribution in [2.75, 3.05) is 45.4 Å². The minimum Gasteiger partial charge on any atom is -0.502 e. The van der Waals surface area contributed by atoms with E-state index < -0.39 is 11.2 Å². The fraction of sp³-hybridized carbons (Fsp3) is 0.320. The van der Waals surface area contributed by atoms with Crippen molar-refractivity contribution >= 4 is 28.8 Å². The van der Waals surface area contributed by atoms with Gasteiger partial charge in [0.2, 0.25) is 11.2 Å². The van der Waals surface area contributed by atoms with Gasteiger partial charge in [0.05, 0.1) is 25.1 Å². The Morgan fingerprint density at radius 1 is 1.00 bits per heavy atom. The van der Waals surface area contributed by atoms with E-state index in [4.69, 9.17) is 18.8 Å². The third kappa shape index (κ3) is 6.35.